The first-order valence-electron chi connectivity index (χ1n) is 4.00. The maximum absolute atomic E-state index is 9.01. The molecule has 0 bridgehead atoms. The third-order valence-electron chi connectivity index (χ3n) is 1.70. The van der Waals surface area contributed by atoms with Gasteiger partial charge >= 0.3 is 0 Å². The van der Waals surface area contributed by atoms with Crippen molar-refractivity contribution in [3.63, 3.8) is 0 Å². The SMILES string of the molecule is CC(C)(CO)Cc1cnccn1. The van der Waals surface area contributed by atoms with Gasteiger partial charge < -0.3 is 5.11 Å². The maximum Gasteiger partial charge on any atom is 0.0592 e. The van der Waals surface area contributed by atoms with Crippen LogP contribution in [-0.4, -0.2) is 21.7 Å². The Bertz CT molecular complexity index is 234. The maximum atomic E-state index is 9.01. The molecule has 1 heterocycles. The molecule has 3 heteroatoms. The minimum atomic E-state index is -0.101. The summed E-state index contributed by atoms with van der Waals surface area (Å²) in [7, 11) is 0. The molecule has 0 aromatic carbocycles. The summed E-state index contributed by atoms with van der Waals surface area (Å²) in [6.07, 6.45) is 5.81. The highest BCUT2D eigenvalue weighted by Gasteiger charge is 2.17. The molecule has 0 radical (unpaired) electrons. The lowest BCUT2D eigenvalue weighted by molar-refractivity contribution is 0.158. The van der Waals surface area contributed by atoms with Gasteiger partial charge in [0, 0.05) is 25.2 Å². The van der Waals surface area contributed by atoms with Gasteiger partial charge in [0.05, 0.1) is 5.69 Å². The highest BCUT2D eigenvalue weighted by atomic mass is 16.3. The number of aliphatic hydroxyl groups excluding tert-OH is 1. The summed E-state index contributed by atoms with van der Waals surface area (Å²) in [6, 6.07) is 0. The lowest BCUT2D eigenvalue weighted by Crippen LogP contribution is -2.20. The van der Waals surface area contributed by atoms with E-state index in [0.29, 0.717) is 0 Å². The number of nitrogens with zero attached hydrogens (tertiary/aromatic N) is 2. The van der Waals surface area contributed by atoms with Crippen molar-refractivity contribution in [2.75, 3.05) is 6.61 Å². The number of rotatable bonds is 3. The number of hydrogen-bond acceptors (Lipinski definition) is 3. The van der Waals surface area contributed by atoms with Crippen LogP contribution in [0.25, 0.3) is 0 Å². The van der Waals surface area contributed by atoms with Crippen LogP contribution in [0.3, 0.4) is 0 Å². The third kappa shape index (κ3) is 2.58. The fraction of sp³-hybridized carbons (Fsp3) is 0.556. The summed E-state index contributed by atoms with van der Waals surface area (Å²) in [5.74, 6) is 0. The normalized spacial score (nSPS) is 11.6. The minimum Gasteiger partial charge on any atom is -0.396 e. The van der Waals surface area contributed by atoms with Crippen molar-refractivity contribution in [2.45, 2.75) is 20.3 Å². The van der Waals surface area contributed by atoms with Gasteiger partial charge in [0.15, 0.2) is 0 Å². The molecule has 0 unspecified atom stereocenters. The predicted octanol–water partition coefficient (Wildman–Crippen LogP) is 1.04. The second-order valence-corrected chi connectivity index (χ2v) is 3.70. The predicted molar refractivity (Wildman–Crippen MR) is 46.6 cm³/mol. The molecule has 1 aromatic rings. The molecule has 1 aromatic heterocycles. The highest BCUT2D eigenvalue weighted by molar-refractivity contribution is 4.98. The van der Waals surface area contributed by atoms with Crippen molar-refractivity contribution in [2.24, 2.45) is 5.41 Å². The van der Waals surface area contributed by atoms with Crippen molar-refractivity contribution in [1.82, 2.24) is 9.97 Å². The fourth-order valence-electron chi connectivity index (χ4n) is 0.967. The second kappa shape index (κ2) is 3.63. The molecule has 0 saturated heterocycles. The van der Waals surface area contributed by atoms with Crippen LogP contribution >= 0.6 is 0 Å². The highest BCUT2D eigenvalue weighted by Crippen LogP contribution is 2.18. The van der Waals surface area contributed by atoms with Gasteiger partial charge in [0.1, 0.15) is 0 Å². The van der Waals surface area contributed by atoms with Gasteiger partial charge in [0.25, 0.3) is 0 Å². The number of aliphatic hydroxyl groups is 1. The lowest BCUT2D eigenvalue weighted by Gasteiger charge is -2.20. The van der Waals surface area contributed by atoms with Crippen LogP contribution in [-0.2, 0) is 6.42 Å². The molecule has 0 aliphatic carbocycles. The van der Waals surface area contributed by atoms with Gasteiger partial charge in [-0.1, -0.05) is 13.8 Å². The first-order valence-corrected chi connectivity index (χ1v) is 4.00. The van der Waals surface area contributed by atoms with Crippen LogP contribution in [0.5, 0.6) is 0 Å². The van der Waals surface area contributed by atoms with E-state index in [1.807, 2.05) is 13.8 Å². The molecule has 3 nitrogen and oxygen atoms in total. The molecule has 0 atom stereocenters. The van der Waals surface area contributed by atoms with Crippen LogP contribution in [0.15, 0.2) is 18.6 Å². The molecule has 66 valence electrons. The summed E-state index contributed by atoms with van der Waals surface area (Å²) < 4.78 is 0. The topological polar surface area (TPSA) is 46.0 Å². The molecule has 1 N–H and O–H groups in total. The van der Waals surface area contributed by atoms with Gasteiger partial charge in [0.2, 0.25) is 0 Å². The van der Waals surface area contributed by atoms with Crippen LogP contribution in [0.2, 0.25) is 0 Å². The molecule has 0 aliphatic heterocycles. The largest absolute Gasteiger partial charge is 0.396 e. The first-order chi connectivity index (χ1) is 5.64. The average Bonchev–Trinajstić information content (AvgIpc) is 2.06. The molecular formula is C9H14N2O. The Hall–Kier alpha value is -0.960. The van der Waals surface area contributed by atoms with E-state index in [0.717, 1.165) is 12.1 Å². The minimum absolute atomic E-state index is 0.101. The van der Waals surface area contributed by atoms with E-state index in [1.165, 1.54) is 0 Å². The zero-order valence-corrected chi connectivity index (χ0v) is 7.49. The van der Waals surface area contributed by atoms with Gasteiger partial charge in [-0.05, 0) is 11.8 Å². The van der Waals surface area contributed by atoms with Crippen LogP contribution in [0, 0.1) is 5.41 Å². The van der Waals surface area contributed by atoms with Crippen molar-refractivity contribution < 1.29 is 5.11 Å². The van der Waals surface area contributed by atoms with E-state index in [4.69, 9.17) is 5.11 Å². The number of aromatic nitrogens is 2. The Morgan fingerprint density at radius 1 is 1.42 bits per heavy atom. The van der Waals surface area contributed by atoms with Gasteiger partial charge in [-0.25, -0.2) is 0 Å². The quantitative estimate of drug-likeness (QED) is 0.729. The summed E-state index contributed by atoms with van der Waals surface area (Å²) in [5, 5.41) is 9.01. The van der Waals surface area contributed by atoms with E-state index < -0.39 is 0 Å². The smallest absolute Gasteiger partial charge is 0.0592 e. The average molecular weight is 166 g/mol. The lowest BCUT2D eigenvalue weighted by atomic mass is 9.89. The molecule has 0 saturated carbocycles. The Balaban J connectivity index is 2.64. The van der Waals surface area contributed by atoms with E-state index in [-0.39, 0.29) is 12.0 Å². The second-order valence-electron chi connectivity index (χ2n) is 3.70. The summed E-state index contributed by atoms with van der Waals surface area (Å²) >= 11 is 0. The zero-order chi connectivity index (χ0) is 9.03. The van der Waals surface area contributed by atoms with Crippen LogP contribution in [0.1, 0.15) is 19.5 Å². The van der Waals surface area contributed by atoms with Crippen LogP contribution in [0.4, 0.5) is 0 Å². The zero-order valence-electron chi connectivity index (χ0n) is 7.49. The number of hydrogen-bond donors (Lipinski definition) is 1. The van der Waals surface area contributed by atoms with Gasteiger partial charge in [-0.3, -0.25) is 9.97 Å². The molecular weight excluding hydrogens is 152 g/mol. The van der Waals surface area contributed by atoms with Gasteiger partial charge in [-0.15, -0.1) is 0 Å². The monoisotopic (exact) mass is 166 g/mol. The molecule has 0 amide bonds. The molecule has 0 spiro atoms. The fourth-order valence-corrected chi connectivity index (χ4v) is 0.967. The Morgan fingerprint density at radius 2 is 2.17 bits per heavy atom. The van der Waals surface area contributed by atoms with Crippen LogP contribution < -0.4 is 0 Å². The Kier molecular flexibility index (Phi) is 2.76. The van der Waals surface area contributed by atoms with E-state index in [1.54, 1.807) is 18.6 Å². The first kappa shape index (κ1) is 9.13. The Morgan fingerprint density at radius 3 is 2.67 bits per heavy atom. The van der Waals surface area contributed by atoms with Crippen molar-refractivity contribution in [3.8, 4) is 0 Å². The molecule has 0 fully saturated rings. The van der Waals surface area contributed by atoms with Crippen molar-refractivity contribution in [3.05, 3.63) is 24.3 Å². The Labute approximate surface area is 72.5 Å². The summed E-state index contributed by atoms with van der Waals surface area (Å²) in [4.78, 5) is 8.10. The molecule has 12 heavy (non-hydrogen) atoms. The van der Waals surface area contributed by atoms with Crippen molar-refractivity contribution >= 4 is 0 Å². The van der Waals surface area contributed by atoms with E-state index in [2.05, 4.69) is 9.97 Å². The van der Waals surface area contributed by atoms with E-state index in [9.17, 15) is 0 Å². The standard InChI is InChI=1S/C9H14N2O/c1-9(2,7-12)5-8-6-10-3-4-11-8/h3-4,6,12H,5,7H2,1-2H3. The summed E-state index contributed by atoms with van der Waals surface area (Å²) in [6.45, 7) is 4.17. The summed E-state index contributed by atoms with van der Waals surface area (Å²) in [5.41, 5.74) is 0.826. The van der Waals surface area contributed by atoms with Gasteiger partial charge in [-0.2, -0.15) is 0 Å². The van der Waals surface area contributed by atoms with Crippen molar-refractivity contribution in [1.29, 1.82) is 0 Å². The molecule has 1 rings (SSSR count). The van der Waals surface area contributed by atoms with E-state index >= 15 is 0 Å². The molecule has 0 aliphatic rings. The third-order valence-corrected chi connectivity index (χ3v) is 1.70.